The van der Waals surface area contributed by atoms with Crippen molar-refractivity contribution in [2.75, 3.05) is 32.9 Å². The van der Waals surface area contributed by atoms with Gasteiger partial charge in [0.25, 0.3) is 5.91 Å². The zero-order chi connectivity index (χ0) is 20.2. The van der Waals surface area contributed by atoms with Gasteiger partial charge in [-0.15, -0.1) is 5.10 Å². The van der Waals surface area contributed by atoms with Crippen LogP contribution in [0, 0.1) is 5.82 Å². The van der Waals surface area contributed by atoms with Crippen molar-refractivity contribution in [2.24, 2.45) is 0 Å². The van der Waals surface area contributed by atoms with Crippen LogP contribution in [0.4, 0.5) is 4.39 Å². The van der Waals surface area contributed by atoms with Gasteiger partial charge in [-0.25, -0.2) is 9.07 Å². The van der Waals surface area contributed by atoms with Crippen molar-refractivity contribution in [3.8, 4) is 0 Å². The number of carbonyl (C=O) groups is 1. The number of aliphatic hydroxyl groups excluding tert-OH is 1. The second-order valence-electron chi connectivity index (χ2n) is 7.27. The summed E-state index contributed by atoms with van der Waals surface area (Å²) in [4.78, 5) is 14.7. The first-order valence-electron chi connectivity index (χ1n) is 9.64. The van der Waals surface area contributed by atoms with E-state index in [1.807, 2.05) is 6.20 Å². The largest absolute Gasteiger partial charge is 0.388 e. The molecule has 0 unspecified atom stereocenters. The van der Waals surface area contributed by atoms with Crippen LogP contribution in [0.1, 0.15) is 16.1 Å². The van der Waals surface area contributed by atoms with Crippen molar-refractivity contribution in [3.05, 3.63) is 47.5 Å². The van der Waals surface area contributed by atoms with Gasteiger partial charge in [0.15, 0.2) is 0 Å². The SMILES string of the molecule is O=C(N[C@@H]1[C@@H](O)CO[C@@H]1Cn1cc(CN2CCOCC2)nn1)c1cccc(F)c1. The maximum atomic E-state index is 13.4. The monoisotopic (exact) mass is 405 g/mol. The number of nitrogens with one attached hydrogen (secondary N) is 1. The van der Waals surface area contributed by atoms with Gasteiger partial charge in [-0.2, -0.15) is 0 Å². The second-order valence-corrected chi connectivity index (χ2v) is 7.27. The van der Waals surface area contributed by atoms with E-state index >= 15 is 0 Å². The van der Waals surface area contributed by atoms with E-state index in [0.29, 0.717) is 26.3 Å². The fourth-order valence-corrected chi connectivity index (χ4v) is 3.57. The number of amides is 1. The van der Waals surface area contributed by atoms with Gasteiger partial charge in [0.2, 0.25) is 0 Å². The molecular formula is C19H24FN5O4. The normalized spacial score (nSPS) is 25.2. The Kier molecular flexibility index (Phi) is 6.14. The highest BCUT2D eigenvalue weighted by molar-refractivity contribution is 5.94. The number of hydrogen-bond acceptors (Lipinski definition) is 7. The zero-order valence-corrected chi connectivity index (χ0v) is 15.9. The van der Waals surface area contributed by atoms with Crippen molar-refractivity contribution < 1.29 is 23.8 Å². The lowest BCUT2D eigenvalue weighted by atomic mass is 10.1. The van der Waals surface area contributed by atoms with Crippen LogP contribution < -0.4 is 5.32 Å². The van der Waals surface area contributed by atoms with E-state index in [9.17, 15) is 14.3 Å². The Hall–Kier alpha value is -2.40. The highest BCUT2D eigenvalue weighted by atomic mass is 19.1. The van der Waals surface area contributed by atoms with Crippen LogP contribution in [0.2, 0.25) is 0 Å². The molecule has 3 atom stereocenters. The Labute approximate surface area is 167 Å². The molecule has 3 heterocycles. The van der Waals surface area contributed by atoms with Gasteiger partial charge in [-0.05, 0) is 18.2 Å². The van der Waals surface area contributed by atoms with Crippen LogP contribution in [-0.4, -0.2) is 82.1 Å². The summed E-state index contributed by atoms with van der Waals surface area (Å²) in [7, 11) is 0. The first kappa shape index (κ1) is 19.9. The molecule has 1 aromatic carbocycles. The number of rotatable bonds is 6. The number of aromatic nitrogens is 3. The van der Waals surface area contributed by atoms with Gasteiger partial charge in [-0.1, -0.05) is 11.3 Å². The molecule has 9 nitrogen and oxygen atoms in total. The molecule has 2 N–H and O–H groups in total. The number of nitrogens with zero attached hydrogens (tertiary/aromatic N) is 4. The second kappa shape index (κ2) is 8.95. The third-order valence-corrected chi connectivity index (χ3v) is 5.12. The summed E-state index contributed by atoms with van der Waals surface area (Å²) >= 11 is 0. The third-order valence-electron chi connectivity index (χ3n) is 5.12. The summed E-state index contributed by atoms with van der Waals surface area (Å²) < 4.78 is 26.0. The Morgan fingerprint density at radius 1 is 1.34 bits per heavy atom. The van der Waals surface area contributed by atoms with Gasteiger partial charge in [0.1, 0.15) is 18.0 Å². The quantitative estimate of drug-likeness (QED) is 0.687. The van der Waals surface area contributed by atoms with E-state index < -0.39 is 30.0 Å². The minimum Gasteiger partial charge on any atom is -0.388 e. The molecule has 0 radical (unpaired) electrons. The maximum Gasteiger partial charge on any atom is 0.251 e. The maximum absolute atomic E-state index is 13.4. The molecule has 1 amide bonds. The zero-order valence-electron chi connectivity index (χ0n) is 15.9. The molecule has 0 aliphatic carbocycles. The molecule has 2 saturated heterocycles. The van der Waals surface area contributed by atoms with E-state index in [0.717, 1.165) is 24.8 Å². The highest BCUT2D eigenvalue weighted by Crippen LogP contribution is 2.17. The summed E-state index contributed by atoms with van der Waals surface area (Å²) in [6, 6.07) is 4.78. The molecule has 2 fully saturated rings. The summed E-state index contributed by atoms with van der Waals surface area (Å²) in [5.74, 6) is -0.955. The van der Waals surface area contributed by atoms with Gasteiger partial charge >= 0.3 is 0 Å². The van der Waals surface area contributed by atoms with E-state index in [-0.39, 0.29) is 12.2 Å². The molecule has 29 heavy (non-hydrogen) atoms. The Morgan fingerprint density at radius 3 is 2.97 bits per heavy atom. The van der Waals surface area contributed by atoms with Crippen molar-refractivity contribution in [1.29, 1.82) is 0 Å². The Balaban J connectivity index is 1.37. The summed E-state index contributed by atoms with van der Waals surface area (Å²) in [6.45, 7) is 4.29. The lowest BCUT2D eigenvalue weighted by Gasteiger charge is -2.25. The van der Waals surface area contributed by atoms with Gasteiger partial charge in [0.05, 0.1) is 38.1 Å². The van der Waals surface area contributed by atoms with Crippen LogP contribution in [0.3, 0.4) is 0 Å². The number of ether oxygens (including phenoxy) is 2. The molecule has 4 rings (SSSR count). The number of halogens is 1. The summed E-state index contributed by atoms with van der Waals surface area (Å²) in [6.07, 6.45) is 0.518. The molecule has 0 saturated carbocycles. The molecule has 10 heteroatoms. The Bertz CT molecular complexity index is 842. The molecule has 0 spiro atoms. The van der Waals surface area contributed by atoms with Crippen LogP contribution in [0.5, 0.6) is 0 Å². The summed E-state index contributed by atoms with van der Waals surface area (Å²) in [5.41, 5.74) is 1.03. The van der Waals surface area contributed by atoms with Gasteiger partial charge < -0.3 is 19.9 Å². The molecule has 1 aromatic heterocycles. The average Bonchev–Trinajstić information content (AvgIpc) is 3.30. The molecule has 156 valence electrons. The minimum absolute atomic E-state index is 0.105. The molecule has 2 aromatic rings. The minimum atomic E-state index is -0.853. The van der Waals surface area contributed by atoms with E-state index in [2.05, 4.69) is 20.5 Å². The first-order chi connectivity index (χ1) is 14.1. The predicted molar refractivity (Wildman–Crippen MR) is 99.5 cm³/mol. The molecule has 2 aliphatic heterocycles. The van der Waals surface area contributed by atoms with Crippen molar-refractivity contribution in [2.45, 2.75) is 31.3 Å². The van der Waals surface area contributed by atoms with Crippen molar-refractivity contribution >= 4 is 5.91 Å². The number of hydrogen-bond donors (Lipinski definition) is 2. The number of benzene rings is 1. The molecule has 2 aliphatic rings. The van der Waals surface area contributed by atoms with Crippen molar-refractivity contribution in [3.63, 3.8) is 0 Å². The number of aliphatic hydroxyl groups is 1. The Morgan fingerprint density at radius 2 is 2.17 bits per heavy atom. The fourth-order valence-electron chi connectivity index (χ4n) is 3.57. The summed E-state index contributed by atoms with van der Waals surface area (Å²) in [5, 5.41) is 21.3. The van der Waals surface area contributed by atoms with Crippen LogP contribution in [0.15, 0.2) is 30.5 Å². The van der Waals surface area contributed by atoms with Crippen LogP contribution >= 0.6 is 0 Å². The third kappa shape index (κ3) is 4.96. The van der Waals surface area contributed by atoms with Crippen LogP contribution in [-0.2, 0) is 22.6 Å². The smallest absolute Gasteiger partial charge is 0.251 e. The number of morpholine rings is 1. The highest BCUT2D eigenvalue weighted by Gasteiger charge is 2.38. The lowest BCUT2D eigenvalue weighted by Crippen LogP contribution is -2.48. The van der Waals surface area contributed by atoms with E-state index in [4.69, 9.17) is 9.47 Å². The van der Waals surface area contributed by atoms with Gasteiger partial charge in [0, 0.05) is 31.4 Å². The standard InChI is InChI=1S/C19H24FN5O4/c20-14-3-1-2-13(8-14)19(27)21-18-16(26)12-29-17(18)11-25-10-15(22-23-25)9-24-4-6-28-7-5-24/h1-3,8,10,16-18,26H,4-7,9,11-12H2,(H,21,27)/t16-,17+,18+/m0/s1. The van der Waals surface area contributed by atoms with Crippen molar-refractivity contribution in [1.82, 2.24) is 25.2 Å². The van der Waals surface area contributed by atoms with E-state index in [1.165, 1.54) is 18.2 Å². The topological polar surface area (TPSA) is 102 Å². The molecular weight excluding hydrogens is 381 g/mol. The lowest BCUT2D eigenvalue weighted by molar-refractivity contribution is 0.0336. The first-order valence-corrected chi connectivity index (χ1v) is 9.64. The predicted octanol–water partition coefficient (Wildman–Crippen LogP) is -0.192. The molecule has 0 bridgehead atoms. The number of carbonyl (C=O) groups excluding carboxylic acids is 1. The average molecular weight is 405 g/mol. The van der Waals surface area contributed by atoms with Gasteiger partial charge in [-0.3, -0.25) is 9.69 Å². The van der Waals surface area contributed by atoms with E-state index in [1.54, 1.807) is 4.68 Å². The fraction of sp³-hybridized carbons (Fsp3) is 0.526. The van der Waals surface area contributed by atoms with Crippen LogP contribution in [0.25, 0.3) is 0 Å².